The summed E-state index contributed by atoms with van der Waals surface area (Å²) in [5.41, 5.74) is 1.66. The molecule has 0 unspecified atom stereocenters. The minimum atomic E-state index is 0.212. The Bertz CT molecular complexity index is 494. The Morgan fingerprint density at radius 1 is 1.00 bits per heavy atom. The van der Waals surface area contributed by atoms with Crippen LogP contribution in [0.25, 0.3) is 10.8 Å². The van der Waals surface area contributed by atoms with Gasteiger partial charge in [-0.15, -0.1) is 0 Å². The lowest BCUT2D eigenvalue weighted by Crippen LogP contribution is -2.23. The Balaban J connectivity index is 2.47. The maximum absolute atomic E-state index is 3.24. The summed E-state index contributed by atoms with van der Waals surface area (Å²) in [6.45, 7) is 5.70. The molecule has 1 N–H and O–H groups in total. The number of benzene rings is 2. The summed E-state index contributed by atoms with van der Waals surface area (Å²) in [7, 11) is 2.01. The molecule has 0 aliphatic heterocycles. The van der Waals surface area contributed by atoms with Crippen molar-refractivity contribution in [2.24, 2.45) is 0 Å². The van der Waals surface area contributed by atoms with E-state index in [0.29, 0.717) is 0 Å². The van der Waals surface area contributed by atoms with Gasteiger partial charge in [0.15, 0.2) is 0 Å². The second-order valence-electron chi connectivity index (χ2n) is 5.26. The summed E-state index contributed by atoms with van der Waals surface area (Å²) in [5, 5.41) is 5.96. The zero-order valence-corrected chi connectivity index (χ0v) is 11.0. The van der Waals surface area contributed by atoms with Crippen molar-refractivity contribution in [2.45, 2.75) is 25.7 Å². The molecule has 90 valence electrons. The van der Waals surface area contributed by atoms with E-state index in [9.17, 15) is 0 Å². The highest BCUT2D eigenvalue weighted by Gasteiger charge is 2.21. The van der Waals surface area contributed by atoms with Gasteiger partial charge < -0.3 is 5.32 Å². The van der Waals surface area contributed by atoms with Crippen molar-refractivity contribution in [3.63, 3.8) is 0 Å². The van der Waals surface area contributed by atoms with Gasteiger partial charge in [-0.25, -0.2) is 0 Å². The summed E-state index contributed by atoms with van der Waals surface area (Å²) in [4.78, 5) is 0. The molecule has 2 rings (SSSR count). The van der Waals surface area contributed by atoms with E-state index < -0.39 is 0 Å². The molecule has 0 aliphatic rings. The molecular weight excluding hydrogens is 206 g/mol. The third-order valence-electron chi connectivity index (χ3n) is 3.52. The van der Waals surface area contributed by atoms with E-state index in [1.807, 2.05) is 7.05 Å². The van der Waals surface area contributed by atoms with Crippen LogP contribution in [0.4, 0.5) is 0 Å². The van der Waals surface area contributed by atoms with Crippen LogP contribution in [0.15, 0.2) is 42.5 Å². The van der Waals surface area contributed by atoms with E-state index in [0.717, 1.165) is 13.0 Å². The van der Waals surface area contributed by atoms with Crippen LogP contribution in [-0.4, -0.2) is 13.6 Å². The minimum Gasteiger partial charge on any atom is -0.320 e. The van der Waals surface area contributed by atoms with Crippen LogP contribution in [0.1, 0.15) is 25.8 Å². The predicted molar refractivity (Wildman–Crippen MR) is 75.5 cm³/mol. The fraction of sp³-hybridized carbons (Fsp3) is 0.375. The molecule has 0 spiro atoms. The number of rotatable bonds is 4. The van der Waals surface area contributed by atoms with Crippen molar-refractivity contribution >= 4 is 10.8 Å². The average molecular weight is 227 g/mol. The van der Waals surface area contributed by atoms with Crippen molar-refractivity contribution in [2.75, 3.05) is 13.6 Å². The van der Waals surface area contributed by atoms with E-state index >= 15 is 0 Å². The fourth-order valence-electron chi connectivity index (χ4n) is 2.39. The standard InChI is InChI=1S/C16H21N/c1-16(2,11-12-17-3)15-10-6-8-13-7-4-5-9-14(13)15/h4-10,17H,11-12H2,1-3H3. The first-order chi connectivity index (χ1) is 8.15. The molecule has 1 nitrogen and oxygen atoms in total. The number of fused-ring (bicyclic) bond motifs is 1. The third-order valence-corrected chi connectivity index (χ3v) is 3.52. The van der Waals surface area contributed by atoms with Crippen molar-refractivity contribution < 1.29 is 0 Å². The summed E-state index contributed by atoms with van der Waals surface area (Å²) in [6, 6.07) is 15.3. The largest absolute Gasteiger partial charge is 0.320 e. The molecule has 0 amide bonds. The predicted octanol–water partition coefficient (Wildman–Crippen LogP) is 3.73. The third kappa shape index (κ3) is 2.50. The molecule has 1 heteroatoms. The van der Waals surface area contributed by atoms with Crippen LogP contribution in [0.2, 0.25) is 0 Å². The molecule has 0 saturated carbocycles. The number of nitrogens with one attached hydrogen (secondary N) is 1. The lowest BCUT2D eigenvalue weighted by atomic mass is 9.79. The van der Waals surface area contributed by atoms with Gasteiger partial charge in [0.2, 0.25) is 0 Å². The highest BCUT2D eigenvalue weighted by Crippen LogP contribution is 2.32. The Labute approximate surface area is 104 Å². The lowest BCUT2D eigenvalue weighted by molar-refractivity contribution is 0.472. The van der Waals surface area contributed by atoms with Gasteiger partial charge in [0.25, 0.3) is 0 Å². The summed E-state index contributed by atoms with van der Waals surface area (Å²) >= 11 is 0. The Kier molecular flexibility index (Phi) is 3.49. The number of hydrogen-bond acceptors (Lipinski definition) is 1. The number of hydrogen-bond donors (Lipinski definition) is 1. The lowest BCUT2D eigenvalue weighted by Gasteiger charge is -2.26. The molecule has 17 heavy (non-hydrogen) atoms. The maximum atomic E-state index is 3.24. The van der Waals surface area contributed by atoms with Gasteiger partial charge in [-0.2, -0.15) is 0 Å². The summed E-state index contributed by atoms with van der Waals surface area (Å²) in [6.07, 6.45) is 1.15. The van der Waals surface area contributed by atoms with E-state index in [1.54, 1.807) is 0 Å². The molecule has 0 aromatic heterocycles. The molecule has 0 saturated heterocycles. The molecule has 0 bridgehead atoms. The van der Waals surface area contributed by atoms with E-state index in [2.05, 4.69) is 61.6 Å². The van der Waals surface area contributed by atoms with E-state index in [-0.39, 0.29) is 5.41 Å². The van der Waals surface area contributed by atoms with Crippen LogP contribution >= 0.6 is 0 Å². The van der Waals surface area contributed by atoms with Gasteiger partial charge in [-0.1, -0.05) is 56.3 Å². The quantitative estimate of drug-likeness (QED) is 0.839. The van der Waals surface area contributed by atoms with E-state index in [1.165, 1.54) is 16.3 Å². The van der Waals surface area contributed by atoms with Crippen LogP contribution in [0.3, 0.4) is 0 Å². The fourth-order valence-corrected chi connectivity index (χ4v) is 2.39. The van der Waals surface area contributed by atoms with Crippen molar-refractivity contribution in [1.82, 2.24) is 5.32 Å². The maximum Gasteiger partial charge on any atom is -0.00436 e. The molecule has 0 atom stereocenters. The topological polar surface area (TPSA) is 12.0 Å². The first-order valence-corrected chi connectivity index (χ1v) is 6.28. The van der Waals surface area contributed by atoms with Crippen molar-refractivity contribution in [1.29, 1.82) is 0 Å². The zero-order valence-electron chi connectivity index (χ0n) is 11.0. The first kappa shape index (κ1) is 12.1. The highest BCUT2D eigenvalue weighted by molar-refractivity contribution is 5.86. The van der Waals surface area contributed by atoms with Gasteiger partial charge >= 0.3 is 0 Å². The smallest absolute Gasteiger partial charge is 0.00436 e. The van der Waals surface area contributed by atoms with Crippen LogP contribution in [-0.2, 0) is 5.41 Å². The molecule has 0 fully saturated rings. The molecule has 0 aliphatic carbocycles. The second-order valence-corrected chi connectivity index (χ2v) is 5.26. The van der Waals surface area contributed by atoms with Crippen molar-refractivity contribution in [3.05, 3.63) is 48.0 Å². The Hall–Kier alpha value is -1.34. The average Bonchev–Trinajstić information content (AvgIpc) is 2.36. The van der Waals surface area contributed by atoms with Gasteiger partial charge in [0.1, 0.15) is 0 Å². The molecule has 2 aromatic rings. The minimum absolute atomic E-state index is 0.212. The molecule has 0 heterocycles. The molecular formula is C16H21N. The van der Waals surface area contributed by atoms with Crippen LogP contribution < -0.4 is 5.32 Å². The monoisotopic (exact) mass is 227 g/mol. The second kappa shape index (κ2) is 4.89. The normalized spacial score (nSPS) is 11.9. The molecule has 0 radical (unpaired) electrons. The summed E-state index contributed by atoms with van der Waals surface area (Å²) in [5.74, 6) is 0. The van der Waals surface area contributed by atoms with Crippen LogP contribution in [0, 0.1) is 0 Å². The van der Waals surface area contributed by atoms with Gasteiger partial charge in [-0.05, 0) is 41.8 Å². The van der Waals surface area contributed by atoms with Gasteiger partial charge in [0.05, 0.1) is 0 Å². The summed E-state index contributed by atoms with van der Waals surface area (Å²) < 4.78 is 0. The Morgan fingerprint density at radius 3 is 2.47 bits per heavy atom. The Morgan fingerprint density at radius 2 is 1.71 bits per heavy atom. The van der Waals surface area contributed by atoms with Crippen molar-refractivity contribution in [3.8, 4) is 0 Å². The zero-order chi connectivity index (χ0) is 12.3. The van der Waals surface area contributed by atoms with Gasteiger partial charge in [0, 0.05) is 0 Å². The first-order valence-electron chi connectivity index (χ1n) is 6.28. The van der Waals surface area contributed by atoms with E-state index in [4.69, 9.17) is 0 Å². The van der Waals surface area contributed by atoms with Gasteiger partial charge in [-0.3, -0.25) is 0 Å². The highest BCUT2D eigenvalue weighted by atomic mass is 14.8. The van der Waals surface area contributed by atoms with Crippen LogP contribution in [0.5, 0.6) is 0 Å². The molecule has 2 aromatic carbocycles. The SMILES string of the molecule is CNCCC(C)(C)c1cccc2ccccc12.